The number of hydrogen-bond donors (Lipinski definition) is 1. The van der Waals surface area contributed by atoms with Crippen molar-refractivity contribution in [1.29, 1.82) is 0 Å². The van der Waals surface area contributed by atoms with Crippen molar-refractivity contribution in [3.63, 3.8) is 0 Å². The van der Waals surface area contributed by atoms with Crippen molar-refractivity contribution in [3.8, 4) is 11.5 Å². The summed E-state index contributed by atoms with van der Waals surface area (Å²) in [6.07, 6.45) is 0.647. The van der Waals surface area contributed by atoms with E-state index in [4.69, 9.17) is 9.15 Å². The molecule has 1 heterocycles. The van der Waals surface area contributed by atoms with Gasteiger partial charge in [-0.3, -0.25) is 4.79 Å². The van der Waals surface area contributed by atoms with E-state index in [-0.39, 0.29) is 17.6 Å². The van der Waals surface area contributed by atoms with Crippen LogP contribution in [0.3, 0.4) is 0 Å². The molecule has 0 aliphatic heterocycles. The third kappa shape index (κ3) is 5.98. The molecule has 0 aliphatic carbocycles. The molecule has 4 aromatic rings. The summed E-state index contributed by atoms with van der Waals surface area (Å²) < 4.78 is 11.6. The lowest BCUT2D eigenvalue weighted by atomic mass is 9.98. The predicted molar refractivity (Wildman–Crippen MR) is 125 cm³/mol. The minimum atomic E-state index is -0.184. The first kappa shape index (κ1) is 21.6. The number of aromatic nitrogens is 2. The summed E-state index contributed by atoms with van der Waals surface area (Å²) in [4.78, 5) is 12.5. The quantitative estimate of drug-likeness (QED) is 0.321. The van der Waals surface area contributed by atoms with Crippen LogP contribution in [0.4, 0.5) is 5.69 Å². The molecule has 3 aromatic carbocycles. The maximum atomic E-state index is 12.5. The molecule has 6 nitrogen and oxygen atoms in total. The van der Waals surface area contributed by atoms with E-state index in [9.17, 15) is 4.79 Å². The Morgan fingerprint density at radius 1 is 0.969 bits per heavy atom. The smallest absolute Gasteiger partial charge is 0.277 e. The Morgan fingerprint density at radius 3 is 2.44 bits per heavy atom. The molecule has 1 unspecified atom stereocenters. The Labute approximate surface area is 191 Å². The zero-order valence-electron chi connectivity index (χ0n) is 17.6. The predicted octanol–water partition coefficient (Wildman–Crippen LogP) is 5.94. The van der Waals surface area contributed by atoms with E-state index < -0.39 is 0 Å². The number of carbonyl (C=O) groups is 1. The van der Waals surface area contributed by atoms with E-state index in [1.807, 2.05) is 66.7 Å². The van der Waals surface area contributed by atoms with Crippen LogP contribution in [0.2, 0.25) is 0 Å². The van der Waals surface area contributed by atoms with Crippen LogP contribution in [0.15, 0.2) is 94.6 Å². The average Bonchev–Trinajstić information content (AvgIpc) is 3.27. The topological polar surface area (TPSA) is 77.2 Å². The molecule has 0 aliphatic rings. The number of nitrogens with zero attached hydrogens (tertiary/aromatic N) is 2. The molecule has 1 aromatic heterocycles. The molecule has 0 fully saturated rings. The van der Waals surface area contributed by atoms with Crippen LogP contribution in [-0.4, -0.2) is 21.9 Å². The first-order valence-corrected chi connectivity index (χ1v) is 11.3. The van der Waals surface area contributed by atoms with Gasteiger partial charge >= 0.3 is 0 Å². The summed E-state index contributed by atoms with van der Waals surface area (Å²) in [6.45, 7) is 2.12. The van der Waals surface area contributed by atoms with Gasteiger partial charge in [0.05, 0.1) is 11.4 Å². The fourth-order valence-corrected chi connectivity index (χ4v) is 3.71. The number of thioether (sulfide) groups is 1. The minimum Gasteiger partial charge on any atom is -0.455 e. The number of anilines is 1. The summed E-state index contributed by atoms with van der Waals surface area (Å²) in [7, 11) is 0. The van der Waals surface area contributed by atoms with Gasteiger partial charge in [-0.15, -0.1) is 10.2 Å². The molecule has 4 rings (SSSR count). The van der Waals surface area contributed by atoms with Crippen LogP contribution >= 0.6 is 11.8 Å². The highest BCUT2D eigenvalue weighted by molar-refractivity contribution is 7.99. The van der Waals surface area contributed by atoms with Gasteiger partial charge in [0.1, 0.15) is 5.75 Å². The van der Waals surface area contributed by atoms with E-state index in [1.165, 1.54) is 17.3 Å². The van der Waals surface area contributed by atoms with Gasteiger partial charge in [0.2, 0.25) is 11.8 Å². The standard InChI is InChI=1S/C25H23N3O3S/c1-18(19-10-4-2-5-11-19)16-24-27-28-25(31-24)32-17-23(29)26-21-14-8-9-15-22(21)30-20-12-6-3-7-13-20/h2-15,18H,16-17H2,1H3,(H,26,29). The molecule has 0 saturated heterocycles. The van der Waals surface area contributed by atoms with Crippen molar-refractivity contribution in [3.05, 3.63) is 96.4 Å². The Kier molecular flexibility index (Phi) is 7.19. The molecule has 1 amide bonds. The second-order valence-corrected chi connectivity index (χ2v) is 8.15. The van der Waals surface area contributed by atoms with Gasteiger partial charge in [-0.25, -0.2) is 0 Å². The molecular formula is C25H23N3O3S. The zero-order valence-corrected chi connectivity index (χ0v) is 18.4. The summed E-state index contributed by atoms with van der Waals surface area (Å²) in [5.41, 5.74) is 1.82. The Balaban J connectivity index is 1.30. The van der Waals surface area contributed by atoms with Crippen molar-refractivity contribution in [2.75, 3.05) is 11.1 Å². The lowest BCUT2D eigenvalue weighted by Crippen LogP contribution is -2.14. The van der Waals surface area contributed by atoms with E-state index in [1.54, 1.807) is 6.07 Å². The summed E-state index contributed by atoms with van der Waals surface area (Å²) in [5, 5.41) is 11.4. The molecule has 1 N–H and O–H groups in total. The third-order valence-electron chi connectivity index (χ3n) is 4.76. The highest BCUT2D eigenvalue weighted by atomic mass is 32.2. The Morgan fingerprint density at radius 2 is 1.66 bits per heavy atom. The van der Waals surface area contributed by atoms with Gasteiger partial charge in [0.15, 0.2) is 5.75 Å². The molecule has 0 bridgehead atoms. The maximum Gasteiger partial charge on any atom is 0.277 e. The van der Waals surface area contributed by atoms with E-state index in [2.05, 4.69) is 34.6 Å². The van der Waals surface area contributed by atoms with Gasteiger partial charge in [-0.05, 0) is 35.7 Å². The number of carbonyl (C=O) groups excluding carboxylic acids is 1. The van der Waals surface area contributed by atoms with Crippen molar-refractivity contribution in [2.45, 2.75) is 24.5 Å². The number of benzene rings is 3. The van der Waals surface area contributed by atoms with E-state index in [0.29, 0.717) is 34.7 Å². The van der Waals surface area contributed by atoms with Crippen LogP contribution in [-0.2, 0) is 11.2 Å². The van der Waals surface area contributed by atoms with Crippen molar-refractivity contribution < 1.29 is 13.9 Å². The van der Waals surface area contributed by atoms with Crippen molar-refractivity contribution in [2.24, 2.45) is 0 Å². The fraction of sp³-hybridized carbons (Fsp3) is 0.160. The number of para-hydroxylation sites is 3. The molecule has 32 heavy (non-hydrogen) atoms. The third-order valence-corrected chi connectivity index (χ3v) is 5.58. The lowest BCUT2D eigenvalue weighted by molar-refractivity contribution is -0.113. The Hall–Kier alpha value is -3.58. The monoisotopic (exact) mass is 445 g/mol. The molecule has 0 saturated carbocycles. The number of ether oxygens (including phenoxy) is 1. The van der Waals surface area contributed by atoms with Crippen molar-refractivity contribution in [1.82, 2.24) is 10.2 Å². The second-order valence-electron chi connectivity index (χ2n) is 7.23. The van der Waals surface area contributed by atoms with Gasteiger partial charge in [0, 0.05) is 6.42 Å². The molecular weight excluding hydrogens is 422 g/mol. The largest absolute Gasteiger partial charge is 0.455 e. The fourth-order valence-electron chi connectivity index (χ4n) is 3.13. The SMILES string of the molecule is CC(Cc1nnc(SCC(=O)Nc2ccccc2Oc2ccccc2)o1)c1ccccc1. The van der Waals surface area contributed by atoms with E-state index >= 15 is 0 Å². The summed E-state index contributed by atoms with van der Waals surface area (Å²) in [6, 6.07) is 27.0. The van der Waals surface area contributed by atoms with Crippen LogP contribution < -0.4 is 10.1 Å². The number of hydrogen-bond acceptors (Lipinski definition) is 6. The number of rotatable bonds is 9. The van der Waals surface area contributed by atoms with Gasteiger partial charge in [0.25, 0.3) is 5.22 Å². The number of amides is 1. The lowest BCUT2D eigenvalue weighted by Gasteiger charge is -2.11. The minimum absolute atomic E-state index is 0.148. The molecule has 7 heteroatoms. The van der Waals surface area contributed by atoms with Crippen LogP contribution in [0.5, 0.6) is 11.5 Å². The maximum absolute atomic E-state index is 12.5. The molecule has 162 valence electrons. The van der Waals surface area contributed by atoms with Gasteiger partial charge in [-0.1, -0.05) is 79.3 Å². The van der Waals surface area contributed by atoms with Gasteiger partial charge in [-0.2, -0.15) is 0 Å². The van der Waals surface area contributed by atoms with Crippen LogP contribution in [0, 0.1) is 0 Å². The molecule has 1 atom stereocenters. The first-order chi connectivity index (χ1) is 15.7. The Bertz CT molecular complexity index is 1150. The molecule has 0 radical (unpaired) electrons. The normalized spacial score (nSPS) is 11.7. The average molecular weight is 446 g/mol. The van der Waals surface area contributed by atoms with Crippen LogP contribution in [0.1, 0.15) is 24.3 Å². The number of nitrogens with one attached hydrogen (secondary N) is 1. The molecule has 0 spiro atoms. The van der Waals surface area contributed by atoms with Crippen molar-refractivity contribution >= 4 is 23.4 Å². The summed E-state index contributed by atoms with van der Waals surface area (Å²) >= 11 is 1.21. The highest BCUT2D eigenvalue weighted by Crippen LogP contribution is 2.29. The summed E-state index contributed by atoms with van der Waals surface area (Å²) in [5.74, 6) is 2.07. The second kappa shape index (κ2) is 10.6. The zero-order chi connectivity index (χ0) is 22.2. The highest BCUT2D eigenvalue weighted by Gasteiger charge is 2.14. The van der Waals surface area contributed by atoms with Gasteiger partial charge < -0.3 is 14.5 Å². The van der Waals surface area contributed by atoms with E-state index in [0.717, 1.165) is 0 Å². The van der Waals surface area contributed by atoms with Crippen LogP contribution in [0.25, 0.3) is 0 Å². The first-order valence-electron chi connectivity index (χ1n) is 10.3.